The molecule has 0 spiro atoms. The van der Waals surface area contributed by atoms with Crippen molar-refractivity contribution in [2.75, 3.05) is 6.61 Å². The lowest BCUT2D eigenvalue weighted by Gasteiger charge is -2.20. The molecule has 36 heavy (non-hydrogen) atoms. The molecule has 0 unspecified atom stereocenters. The molecule has 2 aromatic heterocycles. The van der Waals surface area contributed by atoms with Crippen molar-refractivity contribution >= 4 is 21.9 Å². The van der Waals surface area contributed by atoms with Crippen LogP contribution in [0.3, 0.4) is 0 Å². The number of fused-ring (bicyclic) bond motifs is 2. The fraction of sp³-hybridized carbons (Fsp3) is 0.172. The molecule has 7 heteroatoms. The molecule has 0 aliphatic rings. The fourth-order valence-electron chi connectivity index (χ4n) is 4.55. The summed E-state index contributed by atoms with van der Waals surface area (Å²) in [6.07, 6.45) is 0. The Hall–Kier alpha value is -4.52. The first-order chi connectivity index (χ1) is 17.3. The van der Waals surface area contributed by atoms with Gasteiger partial charge in [-0.1, -0.05) is 24.3 Å². The van der Waals surface area contributed by atoms with Crippen LogP contribution in [0.1, 0.15) is 40.7 Å². The third-order valence-corrected chi connectivity index (χ3v) is 6.22. The minimum absolute atomic E-state index is 0.186. The van der Waals surface area contributed by atoms with Gasteiger partial charge in [0.15, 0.2) is 0 Å². The predicted molar refractivity (Wildman–Crippen MR) is 136 cm³/mol. The summed E-state index contributed by atoms with van der Waals surface area (Å²) in [6, 6.07) is 16.9. The molecule has 7 nitrogen and oxygen atoms in total. The van der Waals surface area contributed by atoms with Crippen molar-refractivity contribution < 1.29 is 23.8 Å². The molecule has 0 saturated carbocycles. The van der Waals surface area contributed by atoms with Crippen LogP contribution in [-0.4, -0.2) is 16.8 Å². The quantitative estimate of drug-likeness (QED) is 0.317. The van der Waals surface area contributed by atoms with Crippen molar-refractivity contribution in [2.45, 2.75) is 26.7 Å². The first kappa shape index (κ1) is 23.2. The van der Waals surface area contributed by atoms with Gasteiger partial charge in [0.2, 0.25) is 0 Å². The van der Waals surface area contributed by atoms with Crippen LogP contribution in [0, 0.1) is 13.8 Å². The van der Waals surface area contributed by atoms with Crippen molar-refractivity contribution in [1.29, 1.82) is 0 Å². The SMILES string of the molecule is CCOc1cccc(C(c2c(O)c3ccc(C)cc3oc2=O)c2c(O)c3ccc(C)cc3oc2=O)c1. The van der Waals surface area contributed by atoms with E-state index in [-0.39, 0.29) is 33.8 Å². The average molecular weight is 485 g/mol. The second-order valence-electron chi connectivity index (χ2n) is 8.74. The minimum Gasteiger partial charge on any atom is -0.507 e. The highest BCUT2D eigenvalue weighted by atomic mass is 16.5. The molecule has 0 bridgehead atoms. The van der Waals surface area contributed by atoms with Gasteiger partial charge < -0.3 is 23.8 Å². The van der Waals surface area contributed by atoms with Crippen LogP contribution in [0.5, 0.6) is 17.2 Å². The van der Waals surface area contributed by atoms with E-state index >= 15 is 0 Å². The van der Waals surface area contributed by atoms with Crippen LogP contribution < -0.4 is 16.0 Å². The standard InChI is InChI=1S/C29H24O7/c1-4-34-18-7-5-6-17(14-18)23(24-26(30)19-10-8-15(2)12-21(19)35-28(24)32)25-27(31)20-11-9-16(3)13-22(20)36-29(25)33/h5-14,23,30-31H,4H2,1-3H3. The highest BCUT2D eigenvalue weighted by Gasteiger charge is 2.32. The summed E-state index contributed by atoms with van der Waals surface area (Å²) in [5.74, 6) is -1.37. The van der Waals surface area contributed by atoms with E-state index in [1.54, 1.807) is 60.7 Å². The second-order valence-corrected chi connectivity index (χ2v) is 8.74. The zero-order valence-corrected chi connectivity index (χ0v) is 20.0. The van der Waals surface area contributed by atoms with Gasteiger partial charge in [-0.05, 0) is 73.9 Å². The molecule has 0 aliphatic carbocycles. The number of aromatic hydroxyl groups is 2. The van der Waals surface area contributed by atoms with E-state index in [0.717, 1.165) is 11.1 Å². The van der Waals surface area contributed by atoms with E-state index < -0.39 is 17.2 Å². The molecule has 0 amide bonds. The van der Waals surface area contributed by atoms with Crippen molar-refractivity contribution in [1.82, 2.24) is 0 Å². The maximum Gasteiger partial charge on any atom is 0.344 e. The summed E-state index contributed by atoms with van der Waals surface area (Å²) in [4.78, 5) is 26.6. The van der Waals surface area contributed by atoms with E-state index in [2.05, 4.69) is 0 Å². The third kappa shape index (κ3) is 3.88. The fourth-order valence-corrected chi connectivity index (χ4v) is 4.55. The van der Waals surface area contributed by atoms with Crippen LogP contribution in [0.2, 0.25) is 0 Å². The van der Waals surface area contributed by atoms with E-state index in [1.165, 1.54) is 0 Å². The molecular weight excluding hydrogens is 460 g/mol. The van der Waals surface area contributed by atoms with Gasteiger partial charge in [0.05, 0.1) is 34.4 Å². The number of rotatable bonds is 5. The van der Waals surface area contributed by atoms with Crippen molar-refractivity contribution in [3.8, 4) is 17.2 Å². The van der Waals surface area contributed by atoms with Crippen LogP contribution in [0.25, 0.3) is 21.9 Å². The molecule has 3 aromatic carbocycles. The summed E-state index contributed by atoms with van der Waals surface area (Å²) in [6.45, 7) is 5.92. The van der Waals surface area contributed by atoms with E-state index in [1.807, 2.05) is 20.8 Å². The Morgan fingerprint density at radius 3 is 1.81 bits per heavy atom. The number of ether oxygens (including phenoxy) is 1. The summed E-state index contributed by atoms with van der Waals surface area (Å²) in [5, 5.41) is 23.2. The Bertz CT molecular complexity index is 1640. The van der Waals surface area contributed by atoms with E-state index in [9.17, 15) is 19.8 Å². The van der Waals surface area contributed by atoms with Gasteiger partial charge in [0.25, 0.3) is 0 Å². The van der Waals surface area contributed by atoms with Gasteiger partial charge in [0.1, 0.15) is 28.4 Å². The van der Waals surface area contributed by atoms with Gasteiger partial charge >= 0.3 is 11.3 Å². The summed E-state index contributed by atoms with van der Waals surface area (Å²) in [7, 11) is 0. The second kappa shape index (κ2) is 8.92. The molecule has 2 heterocycles. The normalized spacial score (nSPS) is 11.4. The molecule has 5 rings (SSSR count). The number of aryl methyl sites for hydroxylation is 2. The predicted octanol–water partition coefficient (Wildman–Crippen LogP) is 5.51. The summed E-state index contributed by atoms with van der Waals surface area (Å²) in [5.41, 5.74) is 0.526. The van der Waals surface area contributed by atoms with Crippen LogP contribution >= 0.6 is 0 Å². The maximum atomic E-state index is 13.3. The smallest absolute Gasteiger partial charge is 0.344 e. The Balaban J connectivity index is 1.88. The van der Waals surface area contributed by atoms with Crippen molar-refractivity contribution in [2.24, 2.45) is 0 Å². The number of benzene rings is 3. The largest absolute Gasteiger partial charge is 0.507 e. The minimum atomic E-state index is -1.20. The molecule has 5 aromatic rings. The van der Waals surface area contributed by atoms with E-state index in [4.69, 9.17) is 13.6 Å². The molecular formula is C29H24O7. The van der Waals surface area contributed by atoms with Crippen LogP contribution in [0.15, 0.2) is 79.1 Å². The Kier molecular flexibility index (Phi) is 5.76. The molecule has 0 atom stereocenters. The van der Waals surface area contributed by atoms with Gasteiger partial charge in [-0.15, -0.1) is 0 Å². The monoisotopic (exact) mass is 484 g/mol. The summed E-state index contributed by atoms with van der Waals surface area (Å²) < 4.78 is 16.8. The first-order valence-corrected chi connectivity index (χ1v) is 11.5. The number of hydrogen-bond acceptors (Lipinski definition) is 7. The van der Waals surface area contributed by atoms with Crippen molar-refractivity contribution in [3.05, 3.63) is 109 Å². The molecule has 0 fully saturated rings. The molecule has 0 saturated heterocycles. The zero-order valence-electron chi connectivity index (χ0n) is 20.0. The van der Waals surface area contributed by atoms with Crippen molar-refractivity contribution in [3.63, 3.8) is 0 Å². The average Bonchev–Trinajstić information content (AvgIpc) is 2.83. The van der Waals surface area contributed by atoms with E-state index in [0.29, 0.717) is 28.7 Å². The van der Waals surface area contributed by atoms with Crippen LogP contribution in [0.4, 0.5) is 0 Å². The zero-order chi connectivity index (χ0) is 25.6. The molecule has 182 valence electrons. The lowest BCUT2D eigenvalue weighted by atomic mass is 9.84. The lowest BCUT2D eigenvalue weighted by Crippen LogP contribution is -2.21. The van der Waals surface area contributed by atoms with Gasteiger partial charge in [-0.3, -0.25) is 0 Å². The molecule has 0 aliphatic heterocycles. The highest BCUT2D eigenvalue weighted by Crippen LogP contribution is 2.42. The lowest BCUT2D eigenvalue weighted by molar-refractivity contribution is 0.339. The summed E-state index contributed by atoms with van der Waals surface area (Å²) >= 11 is 0. The van der Waals surface area contributed by atoms with Gasteiger partial charge in [-0.2, -0.15) is 0 Å². The maximum absolute atomic E-state index is 13.3. The third-order valence-electron chi connectivity index (χ3n) is 6.22. The van der Waals surface area contributed by atoms with Gasteiger partial charge in [-0.25, -0.2) is 9.59 Å². The van der Waals surface area contributed by atoms with Gasteiger partial charge in [0, 0.05) is 0 Å². The molecule has 2 N–H and O–H groups in total. The first-order valence-electron chi connectivity index (χ1n) is 11.5. The van der Waals surface area contributed by atoms with Crippen LogP contribution in [-0.2, 0) is 0 Å². The highest BCUT2D eigenvalue weighted by molar-refractivity contribution is 5.87. The number of hydrogen-bond donors (Lipinski definition) is 2. The Morgan fingerprint density at radius 2 is 1.31 bits per heavy atom. The molecule has 0 radical (unpaired) electrons. The Labute approximate surface area is 205 Å². The topological polar surface area (TPSA) is 110 Å². The Morgan fingerprint density at radius 1 is 0.778 bits per heavy atom.